The van der Waals surface area contributed by atoms with Gasteiger partial charge in [-0.15, -0.1) is 0 Å². The van der Waals surface area contributed by atoms with Crippen LogP contribution in [0.25, 0.3) is 11.3 Å². The molecule has 1 aliphatic rings. The van der Waals surface area contributed by atoms with Gasteiger partial charge >= 0.3 is 0 Å². The third-order valence-electron chi connectivity index (χ3n) is 5.87. The van der Waals surface area contributed by atoms with Crippen LogP contribution >= 0.6 is 11.6 Å². The molecule has 2 aromatic heterocycles. The summed E-state index contributed by atoms with van der Waals surface area (Å²) in [5, 5.41) is 19.2. The van der Waals surface area contributed by atoms with Gasteiger partial charge in [-0.2, -0.15) is 5.10 Å². The highest BCUT2D eigenvalue weighted by atomic mass is 35.5. The molecule has 29 heavy (non-hydrogen) atoms. The van der Waals surface area contributed by atoms with Gasteiger partial charge in [-0.05, 0) is 84.6 Å². The first kappa shape index (κ1) is 22.1. The lowest BCUT2D eigenvalue weighted by Gasteiger charge is -2.36. The number of aryl methyl sites for hydroxylation is 1. The van der Waals surface area contributed by atoms with Gasteiger partial charge in [0, 0.05) is 36.2 Å². The molecule has 1 saturated carbocycles. The summed E-state index contributed by atoms with van der Waals surface area (Å²) in [5.74, 6) is 0.360. The number of nitrogens with zero attached hydrogens (tertiary/aromatic N) is 4. The Balaban J connectivity index is 1.68. The van der Waals surface area contributed by atoms with E-state index in [0.717, 1.165) is 62.1 Å². The molecule has 7 heteroatoms. The van der Waals surface area contributed by atoms with Crippen molar-refractivity contribution in [2.24, 2.45) is 5.92 Å². The van der Waals surface area contributed by atoms with Crippen LogP contribution in [0.3, 0.4) is 0 Å². The Morgan fingerprint density at radius 1 is 1.28 bits per heavy atom. The summed E-state index contributed by atoms with van der Waals surface area (Å²) in [6.45, 7) is 5.77. The van der Waals surface area contributed by atoms with E-state index in [1.54, 1.807) is 6.20 Å². The predicted molar refractivity (Wildman–Crippen MR) is 119 cm³/mol. The molecule has 160 valence electrons. The van der Waals surface area contributed by atoms with Crippen molar-refractivity contribution in [2.45, 2.75) is 64.1 Å². The number of hydrogen-bond donors (Lipinski definition) is 2. The van der Waals surface area contributed by atoms with E-state index < -0.39 is 5.60 Å². The van der Waals surface area contributed by atoms with Gasteiger partial charge in [-0.1, -0.05) is 11.6 Å². The van der Waals surface area contributed by atoms with Crippen LogP contribution in [0.1, 0.15) is 46.0 Å². The molecule has 0 spiro atoms. The van der Waals surface area contributed by atoms with E-state index in [9.17, 15) is 5.11 Å². The Labute approximate surface area is 179 Å². The minimum absolute atomic E-state index is 0.360. The number of halogens is 1. The monoisotopic (exact) mass is 419 g/mol. The molecule has 0 radical (unpaired) electrons. The SMILES string of the molecule is CN(C)CCCn1ccc(-c2cnc(Cl)cc2NC2CCC(C(C)(C)O)CC2)n1. The van der Waals surface area contributed by atoms with Crippen LogP contribution in [-0.2, 0) is 6.54 Å². The normalized spacial score (nSPS) is 20.2. The fourth-order valence-corrected chi connectivity index (χ4v) is 4.25. The number of aliphatic hydroxyl groups is 1. The second kappa shape index (κ2) is 9.45. The van der Waals surface area contributed by atoms with Gasteiger partial charge in [0.15, 0.2) is 0 Å². The maximum absolute atomic E-state index is 10.3. The molecule has 0 bridgehead atoms. The zero-order chi connectivity index (χ0) is 21.0. The van der Waals surface area contributed by atoms with Crippen LogP contribution in [0.2, 0.25) is 5.15 Å². The topological polar surface area (TPSA) is 66.2 Å². The minimum atomic E-state index is -0.602. The fourth-order valence-electron chi connectivity index (χ4n) is 4.10. The van der Waals surface area contributed by atoms with Crippen molar-refractivity contribution >= 4 is 17.3 Å². The van der Waals surface area contributed by atoms with Crippen molar-refractivity contribution in [1.82, 2.24) is 19.7 Å². The Hall–Kier alpha value is -1.63. The van der Waals surface area contributed by atoms with Crippen molar-refractivity contribution < 1.29 is 5.11 Å². The van der Waals surface area contributed by atoms with Crippen LogP contribution in [0.15, 0.2) is 24.5 Å². The molecule has 0 amide bonds. The summed E-state index contributed by atoms with van der Waals surface area (Å²) in [5.41, 5.74) is 2.27. The number of pyridine rings is 1. The van der Waals surface area contributed by atoms with Gasteiger partial charge in [-0.3, -0.25) is 4.68 Å². The van der Waals surface area contributed by atoms with Gasteiger partial charge in [0.05, 0.1) is 11.3 Å². The Morgan fingerprint density at radius 3 is 2.66 bits per heavy atom. The number of aromatic nitrogens is 3. The zero-order valence-corrected chi connectivity index (χ0v) is 18.8. The highest BCUT2D eigenvalue weighted by Gasteiger charge is 2.31. The van der Waals surface area contributed by atoms with Crippen LogP contribution in [0.4, 0.5) is 5.69 Å². The fraction of sp³-hybridized carbons (Fsp3) is 0.636. The first-order valence-corrected chi connectivity index (χ1v) is 10.9. The Kier molecular flexibility index (Phi) is 7.19. The molecule has 0 aromatic carbocycles. The van der Waals surface area contributed by atoms with E-state index in [1.165, 1.54) is 0 Å². The molecule has 2 heterocycles. The lowest BCUT2D eigenvalue weighted by atomic mass is 9.77. The molecule has 1 aliphatic carbocycles. The van der Waals surface area contributed by atoms with Crippen molar-refractivity contribution in [3.8, 4) is 11.3 Å². The zero-order valence-electron chi connectivity index (χ0n) is 18.0. The van der Waals surface area contributed by atoms with Crippen LogP contribution in [0.5, 0.6) is 0 Å². The molecule has 2 N–H and O–H groups in total. The molecule has 3 rings (SSSR count). The molecule has 2 aromatic rings. The summed E-state index contributed by atoms with van der Waals surface area (Å²) in [6.07, 6.45) is 9.01. The number of rotatable bonds is 8. The summed E-state index contributed by atoms with van der Waals surface area (Å²) in [7, 11) is 4.17. The van der Waals surface area contributed by atoms with Gasteiger partial charge in [0.2, 0.25) is 0 Å². The van der Waals surface area contributed by atoms with Crippen LogP contribution < -0.4 is 5.32 Å². The number of hydrogen-bond acceptors (Lipinski definition) is 5. The summed E-state index contributed by atoms with van der Waals surface area (Å²) < 4.78 is 1.99. The molecule has 0 saturated heterocycles. The van der Waals surface area contributed by atoms with E-state index in [-0.39, 0.29) is 0 Å². The molecule has 6 nitrogen and oxygen atoms in total. The average molecular weight is 420 g/mol. The Morgan fingerprint density at radius 2 is 2.00 bits per heavy atom. The molecule has 0 aliphatic heterocycles. The van der Waals surface area contributed by atoms with Crippen molar-refractivity contribution in [3.63, 3.8) is 0 Å². The first-order chi connectivity index (χ1) is 13.7. The standard InChI is InChI=1S/C22H34ClN5O/c1-22(2,29)16-6-8-17(9-7-16)25-20-14-21(23)24-15-18(20)19-10-13-28(26-19)12-5-11-27(3)4/h10,13-17,29H,5-9,11-12H2,1-4H3,(H,24,25). The maximum atomic E-state index is 10.3. The second-order valence-electron chi connectivity index (χ2n) is 9.02. The first-order valence-electron chi connectivity index (χ1n) is 10.6. The quantitative estimate of drug-likeness (QED) is 0.624. The van der Waals surface area contributed by atoms with Gasteiger partial charge in [0.25, 0.3) is 0 Å². The molecular weight excluding hydrogens is 386 g/mol. The van der Waals surface area contributed by atoms with Gasteiger partial charge in [0.1, 0.15) is 5.15 Å². The third kappa shape index (κ3) is 6.17. The van der Waals surface area contributed by atoms with Crippen molar-refractivity contribution in [3.05, 3.63) is 29.7 Å². The number of nitrogens with one attached hydrogen (secondary N) is 1. The van der Waals surface area contributed by atoms with E-state index in [4.69, 9.17) is 16.7 Å². The smallest absolute Gasteiger partial charge is 0.131 e. The third-order valence-corrected chi connectivity index (χ3v) is 6.07. The summed E-state index contributed by atoms with van der Waals surface area (Å²) in [6, 6.07) is 4.30. The van der Waals surface area contributed by atoms with Gasteiger partial charge in [-0.25, -0.2) is 4.98 Å². The van der Waals surface area contributed by atoms with E-state index in [0.29, 0.717) is 17.1 Å². The molecular formula is C22H34ClN5O. The minimum Gasteiger partial charge on any atom is -0.390 e. The second-order valence-corrected chi connectivity index (χ2v) is 9.41. The Bertz CT molecular complexity index is 791. The molecule has 0 atom stereocenters. The lowest BCUT2D eigenvalue weighted by molar-refractivity contribution is -0.000389. The van der Waals surface area contributed by atoms with Crippen molar-refractivity contribution in [2.75, 3.05) is 26.0 Å². The lowest BCUT2D eigenvalue weighted by Crippen LogP contribution is -2.37. The highest BCUT2D eigenvalue weighted by Crippen LogP contribution is 2.35. The number of anilines is 1. The largest absolute Gasteiger partial charge is 0.390 e. The van der Waals surface area contributed by atoms with Crippen molar-refractivity contribution in [1.29, 1.82) is 0 Å². The van der Waals surface area contributed by atoms with E-state index in [1.807, 2.05) is 36.9 Å². The van der Waals surface area contributed by atoms with Crippen LogP contribution in [0, 0.1) is 5.92 Å². The highest BCUT2D eigenvalue weighted by molar-refractivity contribution is 6.29. The molecule has 0 unspecified atom stereocenters. The predicted octanol–water partition coefficient (Wildman–Crippen LogP) is 4.29. The molecule has 1 fully saturated rings. The van der Waals surface area contributed by atoms with Crippen LogP contribution in [-0.4, -0.2) is 57.1 Å². The average Bonchev–Trinajstić information content (AvgIpc) is 3.10. The van der Waals surface area contributed by atoms with Gasteiger partial charge < -0.3 is 15.3 Å². The van der Waals surface area contributed by atoms with E-state index in [2.05, 4.69) is 29.3 Å². The van der Waals surface area contributed by atoms with E-state index >= 15 is 0 Å². The maximum Gasteiger partial charge on any atom is 0.131 e. The summed E-state index contributed by atoms with van der Waals surface area (Å²) in [4.78, 5) is 6.47. The summed E-state index contributed by atoms with van der Waals surface area (Å²) >= 11 is 6.19.